The number of amides is 3. The van der Waals surface area contributed by atoms with E-state index in [9.17, 15) is 9.59 Å². The number of ether oxygens (including phenoxy) is 1. The predicted octanol–water partition coefficient (Wildman–Crippen LogP) is 1.81. The van der Waals surface area contributed by atoms with Crippen molar-refractivity contribution >= 4 is 17.6 Å². The van der Waals surface area contributed by atoms with E-state index in [-0.39, 0.29) is 18.0 Å². The standard InChI is InChI=1S/C22H32N4O3/c1-23(22(28)25-12-14-29-15-13-25)19-8-5-10-24(16-19)17-21(27)26-11-4-7-18-6-2-3-9-20(18)26/h2-3,6,9,19H,4-5,7-8,10-17H2,1H3. The van der Waals surface area contributed by atoms with E-state index >= 15 is 0 Å². The molecule has 1 aromatic rings. The number of hydrogen-bond acceptors (Lipinski definition) is 4. The number of carbonyl (C=O) groups excluding carboxylic acids is 2. The van der Waals surface area contributed by atoms with Gasteiger partial charge in [-0.15, -0.1) is 0 Å². The number of benzene rings is 1. The van der Waals surface area contributed by atoms with Crippen molar-refractivity contribution in [2.24, 2.45) is 0 Å². The summed E-state index contributed by atoms with van der Waals surface area (Å²) in [5, 5.41) is 0. The number of urea groups is 1. The van der Waals surface area contributed by atoms with Crippen molar-refractivity contribution in [3.8, 4) is 0 Å². The van der Waals surface area contributed by atoms with Crippen LogP contribution in [-0.2, 0) is 16.0 Å². The molecular weight excluding hydrogens is 368 g/mol. The molecule has 7 heteroatoms. The average molecular weight is 401 g/mol. The average Bonchev–Trinajstić information content (AvgIpc) is 2.78. The maximum atomic E-state index is 13.1. The Morgan fingerprint density at radius 2 is 1.90 bits per heavy atom. The highest BCUT2D eigenvalue weighted by molar-refractivity contribution is 5.96. The van der Waals surface area contributed by atoms with Crippen LogP contribution in [0.15, 0.2) is 24.3 Å². The van der Waals surface area contributed by atoms with Crippen LogP contribution in [-0.4, -0.2) is 92.2 Å². The minimum Gasteiger partial charge on any atom is -0.378 e. The Balaban J connectivity index is 1.35. The van der Waals surface area contributed by atoms with Gasteiger partial charge in [-0.25, -0.2) is 4.79 Å². The number of likely N-dealkylation sites (N-methyl/N-ethyl adjacent to an activating group) is 1. The Morgan fingerprint density at radius 3 is 2.72 bits per heavy atom. The fraction of sp³-hybridized carbons (Fsp3) is 0.636. The number of aryl methyl sites for hydroxylation is 1. The van der Waals surface area contributed by atoms with Crippen LogP contribution in [0.2, 0.25) is 0 Å². The monoisotopic (exact) mass is 400 g/mol. The van der Waals surface area contributed by atoms with Gasteiger partial charge < -0.3 is 19.4 Å². The summed E-state index contributed by atoms with van der Waals surface area (Å²) < 4.78 is 5.36. The topological polar surface area (TPSA) is 56.3 Å². The van der Waals surface area contributed by atoms with Crippen molar-refractivity contribution in [2.45, 2.75) is 31.7 Å². The van der Waals surface area contributed by atoms with Gasteiger partial charge in [0.25, 0.3) is 0 Å². The molecule has 0 aliphatic carbocycles. The third-order valence-electron chi connectivity index (χ3n) is 6.38. The fourth-order valence-electron chi connectivity index (χ4n) is 4.69. The molecule has 0 aromatic heterocycles. The Labute approximate surface area is 173 Å². The fourth-order valence-corrected chi connectivity index (χ4v) is 4.69. The number of nitrogens with zero attached hydrogens (tertiary/aromatic N) is 4. The van der Waals surface area contributed by atoms with Crippen LogP contribution in [0.5, 0.6) is 0 Å². The van der Waals surface area contributed by atoms with Gasteiger partial charge in [0.2, 0.25) is 5.91 Å². The van der Waals surface area contributed by atoms with E-state index in [1.807, 2.05) is 33.9 Å². The molecular formula is C22H32N4O3. The van der Waals surface area contributed by atoms with Crippen molar-refractivity contribution < 1.29 is 14.3 Å². The second kappa shape index (κ2) is 9.13. The molecule has 1 aromatic carbocycles. The van der Waals surface area contributed by atoms with Crippen molar-refractivity contribution in [3.05, 3.63) is 29.8 Å². The third kappa shape index (κ3) is 4.56. The van der Waals surface area contributed by atoms with Gasteiger partial charge in [0.05, 0.1) is 19.8 Å². The highest BCUT2D eigenvalue weighted by Gasteiger charge is 2.31. The number of fused-ring (bicyclic) bond motifs is 1. The van der Waals surface area contributed by atoms with Crippen molar-refractivity contribution in [2.75, 3.05) is 64.4 Å². The summed E-state index contributed by atoms with van der Waals surface area (Å²) >= 11 is 0. The van der Waals surface area contributed by atoms with Crippen molar-refractivity contribution in [1.82, 2.24) is 14.7 Å². The van der Waals surface area contributed by atoms with E-state index in [0.717, 1.165) is 51.0 Å². The first-order valence-electron chi connectivity index (χ1n) is 10.8. The molecule has 2 saturated heterocycles. The maximum Gasteiger partial charge on any atom is 0.320 e. The van der Waals surface area contributed by atoms with Gasteiger partial charge in [0, 0.05) is 45.0 Å². The minimum atomic E-state index is 0.0800. The number of rotatable bonds is 3. The molecule has 0 bridgehead atoms. The molecule has 0 saturated carbocycles. The van der Waals surface area contributed by atoms with E-state index in [2.05, 4.69) is 17.0 Å². The van der Waals surface area contributed by atoms with E-state index in [1.165, 1.54) is 5.56 Å². The molecule has 3 aliphatic heterocycles. The van der Waals surface area contributed by atoms with Gasteiger partial charge in [-0.1, -0.05) is 18.2 Å². The number of likely N-dealkylation sites (tertiary alicyclic amines) is 1. The van der Waals surface area contributed by atoms with Gasteiger partial charge in [0.15, 0.2) is 0 Å². The molecule has 1 unspecified atom stereocenters. The second-order valence-electron chi connectivity index (χ2n) is 8.30. The largest absolute Gasteiger partial charge is 0.378 e. The number of carbonyl (C=O) groups is 2. The molecule has 0 N–H and O–H groups in total. The maximum absolute atomic E-state index is 13.1. The SMILES string of the molecule is CN(C(=O)N1CCOCC1)C1CCCN(CC(=O)N2CCCc3ccccc32)C1. The third-order valence-corrected chi connectivity index (χ3v) is 6.38. The number of para-hydroxylation sites is 1. The Hall–Kier alpha value is -2.12. The Kier molecular flexibility index (Phi) is 6.35. The number of hydrogen-bond donors (Lipinski definition) is 0. The van der Waals surface area contributed by atoms with Crippen LogP contribution in [0.25, 0.3) is 0 Å². The normalized spacial score (nSPS) is 22.9. The van der Waals surface area contributed by atoms with Crippen LogP contribution < -0.4 is 4.90 Å². The summed E-state index contributed by atoms with van der Waals surface area (Å²) in [6.07, 6.45) is 4.06. The first kappa shape index (κ1) is 20.2. The van der Waals surface area contributed by atoms with Crippen LogP contribution in [0.3, 0.4) is 0 Å². The lowest BCUT2D eigenvalue weighted by molar-refractivity contribution is -0.120. The van der Waals surface area contributed by atoms with Crippen LogP contribution in [0.1, 0.15) is 24.8 Å². The number of anilines is 1. The lowest BCUT2D eigenvalue weighted by Gasteiger charge is -2.40. The summed E-state index contributed by atoms with van der Waals surface area (Å²) in [7, 11) is 1.90. The van der Waals surface area contributed by atoms with Crippen LogP contribution >= 0.6 is 0 Å². The summed E-state index contributed by atoms with van der Waals surface area (Å²) in [6, 6.07) is 8.46. The summed E-state index contributed by atoms with van der Waals surface area (Å²) in [5.41, 5.74) is 2.33. The van der Waals surface area contributed by atoms with E-state index in [1.54, 1.807) is 0 Å². The molecule has 4 rings (SSSR count). The van der Waals surface area contributed by atoms with Gasteiger partial charge in [0.1, 0.15) is 0 Å². The van der Waals surface area contributed by atoms with E-state index in [4.69, 9.17) is 4.74 Å². The molecule has 29 heavy (non-hydrogen) atoms. The van der Waals surface area contributed by atoms with E-state index < -0.39 is 0 Å². The van der Waals surface area contributed by atoms with Crippen molar-refractivity contribution in [3.63, 3.8) is 0 Å². The molecule has 1 atom stereocenters. The zero-order valence-corrected chi connectivity index (χ0v) is 17.4. The molecule has 3 amide bonds. The van der Waals surface area contributed by atoms with E-state index in [0.29, 0.717) is 32.8 Å². The predicted molar refractivity (Wildman–Crippen MR) is 112 cm³/mol. The zero-order chi connectivity index (χ0) is 20.2. The lowest BCUT2D eigenvalue weighted by atomic mass is 10.0. The first-order chi connectivity index (χ1) is 14.1. The molecule has 0 radical (unpaired) electrons. The number of piperidine rings is 1. The molecule has 7 nitrogen and oxygen atoms in total. The lowest BCUT2D eigenvalue weighted by Crippen LogP contribution is -2.55. The molecule has 3 heterocycles. The number of morpholine rings is 1. The molecule has 158 valence electrons. The minimum absolute atomic E-state index is 0.0800. The Bertz CT molecular complexity index is 735. The zero-order valence-electron chi connectivity index (χ0n) is 17.4. The highest BCUT2D eigenvalue weighted by atomic mass is 16.5. The van der Waals surface area contributed by atoms with Gasteiger partial charge in [-0.05, 0) is 43.9 Å². The summed E-state index contributed by atoms with van der Waals surface area (Å²) in [6.45, 7) is 5.43. The van der Waals surface area contributed by atoms with Gasteiger partial charge in [-0.3, -0.25) is 9.69 Å². The van der Waals surface area contributed by atoms with Gasteiger partial charge >= 0.3 is 6.03 Å². The van der Waals surface area contributed by atoms with Crippen molar-refractivity contribution in [1.29, 1.82) is 0 Å². The van der Waals surface area contributed by atoms with Gasteiger partial charge in [-0.2, -0.15) is 0 Å². The summed E-state index contributed by atoms with van der Waals surface area (Å²) in [4.78, 5) is 33.8. The first-order valence-corrected chi connectivity index (χ1v) is 10.8. The highest BCUT2D eigenvalue weighted by Crippen LogP contribution is 2.27. The molecule has 2 fully saturated rings. The molecule has 0 spiro atoms. The smallest absolute Gasteiger partial charge is 0.320 e. The Morgan fingerprint density at radius 1 is 1.10 bits per heavy atom. The molecule has 3 aliphatic rings. The van der Waals surface area contributed by atoms with Crippen LogP contribution in [0.4, 0.5) is 10.5 Å². The quantitative estimate of drug-likeness (QED) is 0.777. The summed E-state index contributed by atoms with van der Waals surface area (Å²) in [5.74, 6) is 0.167. The second-order valence-corrected chi connectivity index (χ2v) is 8.30. The van der Waals surface area contributed by atoms with Crippen LogP contribution in [0, 0.1) is 0 Å².